The number of ketones is 1. The first-order valence-corrected chi connectivity index (χ1v) is 6.68. The fraction of sp³-hybridized carbons (Fsp3) is 0.500. The average Bonchev–Trinajstić information content (AvgIpc) is 2.33. The summed E-state index contributed by atoms with van der Waals surface area (Å²) in [7, 11) is 0. The lowest BCUT2D eigenvalue weighted by Gasteiger charge is -2.27. The summed E-state index contributed by atoms with van der Waals surface area (Å²) < 4.78 is 13.6. The fourth-order valence-corrected chi connectivity index (χ4v) is 2.70. The van der Waals surface area contributed by atoms with Crippen molar-refractivity contribution < 1.29 is 9.18 Å². The summed E-state index contributed by atoms with van der Waals surface area (Å²) in [5, 5.41) is 0.345. The summed E-state index contributed by atoms with van der Waals surface area (Å²) in [6.45, 7) is 0. The van der Waals surface area contributed by atoms with Crippen LogP contribution >= 0.6 is 11.6 Å². The van der Waals surface area contributed by atoms with Gasteiger partial charge in [0.05, 0.1) is 0 Å². The predicted molar refractivity (Wildman–Crippen MR) is 70.1 cm³/mol. The van der Waals surface area contributed by atoms with Crippen LogP contribution in [0.2, 0.25) is 5.02 Å². The number of rotatable bonds is 3. The van der Waals surface area contributed by atoms with Crippen LogP contribution in [-0.4, -0.2) is 11.8 Å². The maximum absolute atomic E-state index is 13.6. The van der Waals surface area contributed by atoms with Gasteiger partial charge in [0.2, 0.25) is 0 Å². The minimum atomic E-state index is -0.416. The van der Waals surface area contributed by atoms with Crippen LogP contribution in [0.1, 0.15) is 31.2 Å². The molecule has 1 aromatic rings. The molecule has 18 heavy (non-hydrogen) atoms. The van der Waals surface area contributed by atoms with Crippen molar-refractivity contribution >= 4 is 17.4 Å². The number of carbonyl (C=O) groups excluding carboxylic acids is 1. The molecule has 4 heteroatoms. The first-order valence-electron chi connectivity index (χ1n) is 6.30. The molecule has 0 heterocycles. The molecule has 1 aliphatic carbocycles. The van der Waals surface area contributed by atoms with Gasteiger partial charge in [0.15, 0.2) is 0 Å². The molecule has 2 atom stereocenters. The summed E-state index contributed by atoms with van der Waals surface area (Å²) in [4.78, 5) is 12.1. The molecule has 2 N–H and O–H groups in total. The van der Waals surface area contributed by atoms with Gasteiger partial charge in [-0.1, -0.05) is 30.5 Å². The highest BCUT2D eigenvalue weighted by Crippen LogP contribution is 2.25. The zero-order valence-corrected chi connectivity index (χ0v) is 10.9. The van der Waals surface area contributed by atoms with Crippen molar-refractivity contribution in [1.82, 2.24) is 0 Å². The predicted octanol–water partition coefficient (Wildman–Crippen LogP) is 3.11. The minimum absolute atomic E-state index is 0.0448. The lowest BCUT2D eigenvalue weighted by atomic mass is 9.80. The number of hydrogen-bond donors (Lipinski definition) is 1. The van der Waals surface area contributed by atoms with E-state index in [0.29, 0.717) is 10.6 Å². The summed E-state index contributed by atoms with van der Waals surface area (Å²) in [5.74, 6) is -0.488. The summed E-state index contributed by atoms with van der Waals surface area (Å²) >= 11 is 5.68. The Balaban J connectivity index is 2.06. The van der Waals surface area contributed by atoms with Crippen molar-refractivity contribution in [3.8, 4) is 0 Å². The summed E-state index contributed by atoms with van der Waals surface area (Å²) in [6, 6.07) is 4.35. The summed E-state index contributed by atoms with van der Waals surface area (Å²) in [5.41, 5.74) is 6.36. The van der Waals surface area contributed by atoms with Crippen LogP contribution in [0.5, 0.6) is 0 Å². The lowest BCUT2D eigenvalue weighted by molar-refractivity contribution is -0.123. The van der Waals surface area contributed by atoms with Gasteiger partial charge in [-0.15, -0.1) is 0 Å². The molecule has 0 spiro atoms. The molecule has 1 aromatic carbocycles. The van der Waals surface area contributed by atoms with Gasteiger partial charge < -0.3 is 5.73 Å². The number of benzene rings is 1. The van der Waals surface area contributed by atoms with E-state index in [-0.39, 0.29) is 24.2 Å². The van der Waals surface area contributed by atoms with E-state index in [1.807, 2.05) is 0 Å². The molecule has 1 aliphatic rings. The highest BCUT2D eigenvalue weighted by molar-refractivity contribution is 6.30. The molecule has 0 aromatic heterocycles. The van der Waals surface area contributed by atoms with Crippen LogP contribution in [-0.2, 0) is 11.2 Å². The Bertz CT molecular complexity index is 449. The maximum Gasteiger partial charge on any atom is 0.141 e. The highest BCUT2D eigenvalue weighted by Gasteiger charge is 2.28. The fourth-order valence-electron chi connectivity index (χ4n) is 2.54. The zero-order chi connectivity index (χ0) is 13.1. The first kappa shape index (κ1) is 13.5. The highest BCUT2D eigenvalue weighted by atomic mass is 35.5. The average molecular weight is 270 g/mol. The van der Waals surface area contributed by atoms with Crippen LogP contribution in [0.3, 0.4) is 0 Å². The molecule has 2 nitrogen and oxygen atoms in total. The smallest absolute Gasteiger partial charge is 0.141 e. The van der Waals surface area contributed by atoms with Gasteiger partial charge in [-0.25, -0.2) is 4.39 Å². The Hall–Kier alpha value is -0.930. The van der Waals surface area contributed by atoms with E-state index in [9.17, 15) is 9.18 Å². The molecule has 0 bridgehead atoms. The van der Waals surface area contributed by atoms with Crippen LogP contribution < -0.4 is 5.73 Å². The Labute approximate surface area is 111 Å². The minimum Gasteiger partial charge on any atom is -0.327 e. The molecule has 2 unspecified atom stereocenters. The molecule has 0 radical (unpaired) electrons. The van der Waals surface area contributed by atoms with Crippen molar-refractivity contribution in [3.05, 3.63) is 34.6 Å². The van der Waals surface area contributed by atoms with E-state index < -0.39 is 5.82 Å². The second-order valence-electron chi connectivity index (χ2n) is 4.93. The first-order chi connectivity index (χ1) is 8.58. The van der Waals surface area contributed by atoms with Crippen molar-refractivity contribution in [2.75, 3.05) is 0 Å². The molecular formula is C14H17ClFNO. The standard InChI is InChI=1S/C14H17ClFNO/c15-10-6-5-9(12(16)8-10)7-14(18)11-3-1-2-4-13(11)17/h5-6,8,11,13H,1-4,7,17H2. The van der Waals surface area contributed by atoms with Gasteiger partial charge in [0.25, 0.3) is 0 Å². The Kier molecular flexibility index (Phi) is 4.36. The topological polar surface area (TPSA) is 43.1 Å². The van der Waals surface area contributed by atoms with E-state index >= 15 is 0 Å². The lowest BCUT2D eigenvalue weighted by Crippen LogP contribution is -2.38. The third-order valence-corrected chi connectivity index (χ3v) is 3.85. The van der Waals surface area contributed by atoms with E-state index in [1.165, 1.54) is 6.07 Å². The molecule has 0 amide bonds. The van der Waals surface area contributed by atoms with Gasteiger partial charge in [0.1, 0.15) is 11.6 Å². The quantitative estimate of drug-likeness (QED) is 0.916. The number of nitrogens with two attached hydrogens (primary N) is 1. The molecule has 1 fully saturated rings. The van der Waals surface area contributed by atoms with Crippen LogP contribution in [0.15, 0.2) is 18.2 Å². The Morgan fingerprint density at radius 3 is 2.78 bits per heavy atom. The van der Waals surface area contributed by atoms with Crippen molar-refractivity contribution in [2.45, 2.75) is 38.1 Å². The van der Waals surface area contributed by atoms with Gasteiger partial charge in [-0.05, 0) is 30.5 Å². The second kappa shape index (κ2) is 5.81. The van der Waals surface area contributed by atoms with Gasteiger partial charge in [-0.3, -0.25) is 4.79 Å². The second-order valence-corrected chi connectivity index (χ2v) is 5.37. The number of carbonyl (C=O) groups is 1. The van der Waals surface area contributed by atoms with Crippen molar-refractivity contribution in [1.29, 1.82) is 0 Å². The van der Waals surface area contributed by atoms with Gasteiger partial charge >= 0.3 is 0 Å². The van der Waals surface area contributed by atoms with Gasteiger partial charge in [-0.2, -0.15) is 0 Å². The van der Waals surface area contributed by atoms with E-state index in [0.717, 1.165) is 25.7 Å². The van der Waals surface area contributed by atoms with Crippen molar-refractivity contribution in [2.24, 2.45) is 11.7 Å². The Morgan fingerprint density at radius 2 is 2.11 bits per heavy atom. The van der Waals surface area contributed by atoms with Crippen LogP contribution in [0, 0.1) is 11.7 Å². The number of hydrogen-bond acceptors (Lipinski definition) is 2. The maximum atomic E-state index is 13.6. The monoisotopic (exact) mass is 269 g/mol. The Morgan fingerprint density at radius 1 is 1.39 bits per heavy atom. The molecule has 0 saturated heterocycles. The van der Waals surface area contributed by atoms with Crippen LogP contribution in [0.4, 0.5) is 4.39 Å². The SMILES string of the molecule is NC1CCCCC1C(=O)Cc1ccc(Cl)cc1F. The van der Waals surface area contributed by atoms with Gasteiger partial charge in [0, 0.05) is 23.4 Å². The van der Waals surface area contributed by atoms with Crippen LogP contribution in [0.25, 0.3) is 0 Å². The largest absolute Gasteiger partial charge is 0.327 e. The molecule has 98 valence electrons. The number of Topliss-reactive ketones (excluding diaryl/α,β-unsaturated/α-hetero) is 1. The van der Waals surface area contributed by atoms with Crippen molar-refractivity contribution in [3.63, 3.8) is 0 Å². The molecule has 0 aliphatic heterocycles. The number of halogens is 2. The molecular weight excluding hydrogens is 253 g/mol. The normalized spacial score (nSPS) is 23.9. The van der Waals surface area contributed by atoms with E-state index in [4.69, 9.17) is 17.3 Å². The molecule has 1 saturated carbocycles. The third-order valence-electron chi connectivity index (χ3n) is 3.61. The zero-order valence-electron chi connectivity index (χ0n) is 10.2. The third kappa shape index (κ3) is 3.09. The van der Waals surface area contributed by atoms with E-state index in [1.54, 1.807) is 12.1 Å². The van der Waals surface area contributed by atoms with E-state index in [2.05, 4.69) is 0 Å². The molecule has 2 rings (SSSR count). The summed E-state index contributed by atoms with van der Waals surface area (Å²) in [6.07, 6.45) is 3.95.